The molecule has 21 heavy (non-hydrogen) atoms. The molecule has 1 unspecified atom stereocenters. The molecule has 0 saturated heterocycles. The Hall–Kier alpha value is -1.71. The average Bonchev–Trinajstić information content (AvgIpc) is 2.52. The molecule has 2 aromatic rings. The molecule has 0 bridgehead atoms. The van der Waals surface area contributed by atoms with E-state index in [1.165, 1.54) is 5.56 Å². The molecular formula is C18H24N2O. The van der Waals surface area contributed by atoms with Crippen LogP contribution in [0, 0.1) is 5.92 Å². The van der Waals surface area contributed by atoms with E-state index >= 15 is 0 Å². The lowest BCUT2D eigenvalue weighted by atomic mass is 10.0. The Labute approximate surface area is 127 Å². The van der Waals surface area contributed by atoms with Gasteiger partial charge in [0.25, 0.3) is 0 Å². The number of pyridine rings is 1. The van der Waals surface area contributed by atoms with Crippen molar-refractivity contribution < 1.29 is 5.11 Å². The highest BCUT2D eigenvalue weighted by atomic mass is 16.3. The molecule has 1 heterocycles. The number of aliphatic hydroxyl groups is 1. The number of rotatable bonds is 7. The highest BCUT2D eigenvalue weighted by Gasteiger charge is 2.11. The van der Waals surface area contributed by atoms with Crippen molar-refractivity contribution in [2.45, 2.75) is 32.9 Å². The monoisotopic (exact) mass is 284 g/mol. The molecule has 0 fully saturated rings. The highest BCUT2D eigenvalue weighted by molar-refractivity contribution is 5.59. The number of nitrogens with one attached hydrogen (secondary N) is 1. The van der Waals surface area contributed by atoms with Crippen LogP contribution >= 0.6 is 0 Å². The van der Waals surface area contributed by atoms with Crippen molar-refractivity contribution in [1.82, 2.24) is 10.3 Å². The van der Waals surface area contributed by atoms with Crippen molar-refractivity contribution >= 4 is 0 Å². The summed E-state index contributed by atoms with van der Waals surface area (Å²) in [6.07, 6.45) is 2.61. The van der Waals surface area contributed by atoms with E-state index in [1.807, 2.05) is 24.4 Å². The fourth-order valence-corrected chi connectivity index (χ4v) is 2.43. The molecule has 112 valence electrons. The van der Waals surface area contributed by atoms with Crippen LogP contribution in [0.3, 0.4) is 0 Å². The van der Waals surface area contributed by atoms with Gasteiger partial charge in [-0.15, -0.1) is 0 Å². The molecule has 1 aromatic heterocycles. The summed E-state index contributed by atoms with van der Waals surface area (Å²) < 4.78 is 0. The summed E-state index contributed by atoms with van der Waals surface area (Å²) in [6, 6.07) is 14.7. The quantitative estimate of drug-likeness (QED) is 0.820. The number of hydrogen-bond donors (Lipinski definition) is 2. The first kappa shape index (κ1) is 15.7. The van der Waals surface area contributed by atoms with Crippen LogP contribution in [0.15, 0.2) is 48.7 Å². The van der Waals surface area contributed by atoms with Gasteiger partial charge in [-0.3, -0.25) is 4.98 Å². The molecule has 0 spiro atoms. The summed E-state index contributed by atoms with van der Waals surface area (Å²) in [5, 5.41) is 12.7. The maximum absolute atomic E-state index is 9.13. The van der Waals surface area contributed by atoms with Gasteiger partial charge >= 0.3 is 0 Å². The van der Waals surface area contributed by atoms with Crippen molar-refractivity contribution in [2.75, 3.05) is 6.61 Å². The van der Waals surface area contributed by atoms with Crippen molar-refractivity contribution in [2.24, 2.45) is 5.92 Å². The van der Waals surface area contributed by atoms with Gasteiger partial charge in [0.15, 0.2) is 0 Å². The summed E-state index contributed by atoms with van der Waals surface area (Å²) in [6.45, 7) is 5.39. The van der Waals surface area contributed by atoms with Gasteiger partial charge in [-0.1, -0.05) is 38.1 Å². The largest absolute Gasteiger partial charge is 0.396 e. The lowest BCUT2D eigenvalue weighted by Gasteiger charge is -2.21. The van der Waals surface area contributed by atoms with Gasteiger partial charge in [0.05, 0.1) is 5.69 Å². The van der Waals surface area contributed by atoms with E-state index in [9.17, 15) is 0 Å². The van der Waals surface area contributed by atoms with E-state index in [0.717, 1.165) is 24.2 Å². The van der Waals surface area contributed by atoms with Crippen molar-refractivity contribution in [3.8, 4) is 11.3 Å². The lowest BCUT2D eigenvalue weighted by molar-refractivity contribution is 0.244. The zero-order chi connectivity index (χ0) is 15.1. The minimum atomic E-state index is 0.226. The topological polar surface area (TPSA) is 45.1 Å². The van der Waals surface area contributed by atoms with E-state index < -0.39 is 0 Å². The third kappa shape index (κ3) is 4.66. The van der Waals surface area contributed by atoms with Crippen LogP contribution in [0.25, 0.3) is 11.3 Å². The zero-order valence-corrected chi connectivity index (χ0v) is 12.8. The average molecular weight is 284 g/mol. The fraction of sp³-hybridized carbons (Fsp3) is 0.389. The standard InChI is InChI=1S/C18H24N2O/c1-14(2)17(9-11-21)20-13-15-6-5-7-16(12-15)18-8-3-4-10-19-18/h3-8,10,12,14,17,20-21H,9,11,13H2,1-2H3. The van der Waals surface area contributed by atoms with Crippen LogP contribution in [0.5, 0.6) is 0 Å². The second-order valence-electron chi connectivity index (χ2n) is 5.66. The minimum absolute atomic E-state index is 0.226. The molecule has 2 N–H and O–H groups in total. The molecule has 0 aliphatic rings. The van der Waals surface area contributed by atoms with Gasteiger partial charge in [0.2, 0.25) is 0 Å². The SMILES string of the molecule is CC(C)C(CCO)NCc1cccc(-c2ccccn2)c1. The highest BCUT2D eigenvalue weighted by Crippen LogP contribution is 2.18. The smallest absolute Gasteiger partial charge is 0.0702 e. The lowest BCUT2D eigenvalue weighted by Crippen LogP contribution is -2.34. The van der Waals surface area contributed by atoms with E-state index in [1.54, 1.807) is 0 Å². The van der Waals surface area contributed by atoms with Crippen LogP contribution in [0.2, 0.25) is 0 Å². The Balaban J connectivity index is 2.04. The third-order valence-electron chi connectivity index (χ3n) is 3.70. The minimum Gasteiger partial charge on any atom is -0.396 e. The van der Waals surface area contributed by atoms with E-state index in [0.29, 0.717) is 12.0 Å². The second kappa shape index (κ2) is 7.91. The van der Waals surface area contributed by atoms with Crippen molar-refractivity contribution in [1.29, 1.82) is 0 Å². The number of aliphatic hydroxyl groups excluding tert-OH is 1. The molecule has 0 amide bonds. The predicted octanol–water partition coefficient (Wildman–Crippen LogP) is 3.25. The molecule has 0 saturated carbocycles. The zero-order valence-electron chi connectivity index (χ0n) is 12.8. The molecule has 0 aliphatic carbocycles. The first-order chi connectivity index (χ1) is 10.2. The Morgan fingerprint density at radius 1 is 1.14 bits per heavy atom. The molecule has 3 nitrogen and oxygen atoms in total. The predicted molar refractivity (Wildman–Crippen MR) is 86.8 cm³/mol. The van der Waals surface area contributed by atoms with Crippen LogP contribution in [-0.2, 0) is 6.54 Å². The molecule has 3 heteroatoms. The third-order valence-corrected chi connectivity index (χ3v) is 3.70. The number of aromatic nitrogens is 1. The number of nitrogens with zero attached hydrogens (tertiary/aromatic N) is 1. The fourth-order valence-electron chi connectivity index (χ4n) is 2.43. The molecule has 1 aromatic carbocycles. The molecule has 0 aliphatic heterocycles. The van der Waals surface area contributed by atoms with Crippen LogP contribution in [-0.4, -0.2) is 22.7 Å². The van der Waals surface area contributed by atoms with Gasteiger partial charge in [-0.05, 0) is 36.1 Å². The first-order valence-electron chi connectivity index (χ1n) is 7.55. The van der Waals surface area contributed by atoms with Crippen LogP contribution < -0.4 is 5.32 Å². The second-order valence-corrected chi connectivity index (χ2v) is 5.66. The summed E-state index contributed by atoms with van der Waals surface area (Å²) in [4.78, 5) is 4.39. The summed E-state index contributed by atoms with van der Waals surface area (Å²) in [5.74, 6) is 0.510. The molecule has 1 atom stereocenters. The Kier molecular flexibility index (Phi) is 5.90. The van der Waals surface area contributed by atoms with E-state index in [2.05, 4.69) is 48.4 Å². The summed E-state index contributed by atoms with van der Waals surface area (Å²) in [7, 11) is 0. The first-order valence-corrected chi connectivity index (χ1v) is 7.55. The van der Waals surface area contributed by atoms with E-state index in [-0.39, 0.29) is 6.61 Å². The van der Waals surface area contributed by atoms with Crippen LogP contribution in [0.4, 0.5) is 0 Å². The molecule has 0 radical (unpaired) electrons. The summed E-state index contributed by atoms with van der Waals surface area (Å²) in [5.41, 5.74) is 3.37. The van der Waals surface area contributed by atoms with Crippen molar-refractivity contribution in [3.05, 3.63) is 54.2 Å². The Bertz CT molecular complexity index is 540. The normalized spacial score (nSPS) is 12.6. The molecule has 2 rings (SSSR count). The van der Waals surface area contributed by atoms with Gasteiger partial charge in [0, 0.05) is 31.0 Å². The Morgan fingerprint density at radius 3 is 2.67 bits per heavy atom. The van der Waals surface area contributed by atoms with Crippen LogP contribution in [0.1, 0.15) is 25.8 Å². The maximum Gasteiger partial charge on any atom is 0.0702 e. The van der Waals surface area contributed by atoms with Gasteiger partial charge < -0.3 is 10.4 Å². The molecular weight excluding hydrogens is 260 g/mol. The summed E-state index contributed by atoms with van der Waals surface area (Å²) >= 11 is 0. The number of hydrogen-bond acceptors (Lipinski definition) is 3. The van der Waals surface area contributed by atoms with Crippen molar-refractivity contribution in [3.63, 3.8) is 0 Å². The maximum atomic E-state index is 9.13. The van der Waals surface area contributed by atoms with Gasteiger partial charge in [-0.2, -0.15) is 0 Å². The Morgan fingerprint density at radius 2 is 2.00 bits per heavy atom. The van der Waals surface area contributed by atoms with Gasteiger partial charge in [0.1, 0.15) is 0 Å². The van der Waals surface area contributed by atoms with E-state index in [4.69, 9.17) is 5.11 Å². The van der Waals surface area contributed by atoms with Gasteiger partial charge in [-0.25, -0.2) is 0 Å². The number of benzene rings is 1.